The highest BCUT2D eigenvalue weighted by molar-refractivity contribution is 5.90. The summed E-state index contributed by atoms with van der Waals surface area (Å²) in [5, 5.41) is 7.94. The lowest BCUT2D eigenvalue weighted by Crippen LogP contribution is -2.11. The maximum Gasteiger partial charge on any atom is 0.0826 e. The molecule has 2 heterocycles. The van der Waals surface area contributed by atoms with E-state index in [-0.39, 0.29) is 6.10 Å². The average Bonchev–Trinajstić information content (AvgIpc) is 2.79. The summed E-state index contributed by atoms with van der Waals surface area (Å²) in [7, 11) is 0. The fourth-order valence-corrected chi connectivity index (χ4v) is 2.29. The van der Waals surface area contributed by atoms with Crippen LogP contribution in [0.4, 0.5) is 5.69 Å². The van der Waals surface area contributed by atoms with Gasteiger partial charge in [-0.3, -0.25) is 5.10 Å². The largest absolute Gasteiger partial charge is 0.398 e. The number of nitrogens with one attached hydrogen (secondary N) is 1. The number of nitrogens with zero attached hydrogens (tertiary/aromatic N) is 1. The highest BCUT2D eigenvalue weighted by Gasteiger charge is 2.17. The second-order valence-corrected chi connectivity index (χ2v) is 4.30. The van der Waals surface area contributed by atoms with Crippen molar-refractivity contribution < 1.29 is 4.74 Å². The zero-order valence-electron chi connectivity index (χ0n) is 9.07. The summed E-state index contributed by atoms with van der Waals surface area (Å²) in [5.74, 6) is 0. The number of hydrogen-bond donors (Lipinski definition) is 2. The van der Waals surface area contributed by atoms with Gasteiger partial charge < -0.3 is 10.5 Å². The van der Waals surface area contributed by atoms with Gasteiger partial charge >= 0.3 is 0 Å². The third kappa shape index (κ3) is 1.55. The molecule has 4 heteroatoms. The maximum atomic E-state index is 5.99. The molecule has 1 aromatic heterocycles. The molecule has 1 aromatic carbocycles. The van der Waals surface area contributed by atoms with Crippen molar-refractivity contribution in [2.24, 2.45) is 0 Å². The standard InChI is InChI=1S/C12H15N3O/c13-10-5-8(12-3-1-2-4-16-12)6-11-9(10)7-14-15-11/h5-7,12H,1-4,13H2,(H,14,15). The van der Waals surface area contributed by atoms with Gasteiger partial charge in [-0.25, -0.2) is 0 Å². The molecule has 1 aliphatic rings. The highest BCUT2D eigenvalue weighted by atomic mass is 16.5. The molecule has 1 aliphatic heterocycles. The quantitative estimate of drug-likeness (QED) is 0.721. The van der Waals surface area contributed by atoms with E-state index >= 15 is 0 Å². The van der Waals surface area contributed by atoms with Crippen LogP contribution in [-0.4, -0.2) is 16.8 Å². The first-order chi connectivity index (χ1) is 7.84. The minimum Gasteiger partial charge on any atom is -0.398 e. The van der Waals surface area contributed by atoms with Gasteiger partial charge in [-0.05, 0) is 37.0 Å². The first-order valence-electron chi connectivity index (χ1n) is 5.69. The second kappa shape index (κ2) is 3.79. The number of benzene rings is 1. The zero-order valence-corrected chi connectivity index (χ0v) is 9.07. The third-order valence-electron chi connectivity index (χ3n) is 3.16. The number of hydrogen-bond acceptors (Lipinski definition) is 3. The summed E-state index contributed by atoms with van der Waals surface area (Å²) in [4.78, 5) is 0. The first-order valence-corrected chi connectivity index (χ1v) is 5.69. The Hall–Kier alpha value is -1.55. The van der Waals surface area contributed by atoms with Gasteiger partial charge in [0, 0.05) is 17.7 Å². The molecule has 0 radical (unpaired) electrons. The number of nitrogen functional groups attached to an aromatic ring is 1. The predicted octanol–water partition coefficient (Wildman–Crippen LogP) is 2.39. The van der Waals surface area contributed by atoms with Crippen LogP contribution in [0.25, 0.3) is 10.9 Å². The van der Waals surface area contributed by atoms with E-state index < -0.39 is 0 Å². The molecular formula is C12H15N3O. The van der Waals surface area contributed by atoms with Crippen LogP contribution in [0.3, 0.4) is 0 Å². The van der Waals surface area contributed by atoms with Gasteiger partial charge in [-0.15, -0.1) is 0 Å². The molecule has 0 spiro atoms. The predicted molar refractivity (Wildman–Crippen MR) is 63.1 cm³/mol. The van der Waals surface area contributed by atoms with Crippen LogP contribution in [0.15, 0.2) is 18.3 Å². The minimum atomic E-state index is 0.198. The summed E-state index contributed by atoms with van der Waals surface area (Å²) in [6.45, 7) is 0.853. The summed E-state index contributed by atoms with van der Waals surface area (Å²) < 4.78 is 5.75. The van der Waals surface area contributed by atoms with Crippen molar-refractivity contribution in [1.82, 2.24) is 10.2 Å². The van der Waals surface area contributed by atoms with Crippen molar-refractivity contribution >= 4 is 16.6 Å². The van der Waals surface area contributed by atoms with Crippen molar-refractivity contribution in [3.8, 4) is 0 Å². The summed E-state index contributed by atoms with van der Waals surface area (Å²) in [6, 6.07) is 4.10. The summed E-state index contributed by atoms with van der Waals surface area (Å²) in [5.41, 5.74) is 8.92. The van der Waals surface area contributed by atoms with Crippen molar-refractivity contribution in [2.75, 3.05) is 12.3 Å². The lowest BCUT2D eigenvalue weighted by Gasteiger charge is -2.23. The van der Waals surface area contributed by atoms with Crippen LogP contribution < -0.4 is 5.73 Å². The van der Waals surface area contributed by atoms with Gasteiger partial charge in [0.1, 0.15) is 0 Å². The first kappa shape index (κ1) is 9.66. The molecule has 0 amide bonds. The van der Waals surface area contributed by atoms with E-state index in [0.29, 0.717) is 0 Å². The van der Waals surface area contributed by atoms with E-state index in [1.54, 1.807) is 6.20 Å². The van der Waals surface area contributed by atoms with Crippen LogP contribution in [0, 0.1) is 0 Å². The van der Waals surface area contributed by atoms with E-state index in [9.17, 15) is 0 Å². The SMILES string of the molecule is Nc1cc(C2CCCCO2)cc2[nH]ncc12. The molecule has 3 rings (SSSR count). The number of nitrogens with two attached hydrogens (primary N) is 1. The summed E-state index contributed by atoms with van der Waals surface area (Å²) in [6.07, 6.45) is 5.43. The number of aromatic nitrogens is 2. The van der Waals surface area contributed by atoms with Crippen molar-refractivity contribution in [2.45, 2.75) is 25.4 Å². The minimum absolute atomic E-state index is 0.198. The lowest BCUT2D eigenvalue weighted by molar-refractivity contribution is 0.0150. The molecule has 0 saturated carbocycles. The normalized spacial score (nSPS) is 21.4. The van der Waals surface area contributed by atoms with Gasteiger partial charge in [-0.1, -0.05) is 0 Å². The van der Waals surface area contributed by atoms with Crippen LogP contribution in [0.5, 0.6) is 0 Å². The van der Waals surface area contributed by atoms with E-state index in [1.165, 1.54) is 6.42 Å². The molecule has 2 aromatic rings. The molecule has 1 fully saturated rings. The summed E-state index contributed by atoms with van der Waals surface area (Å²) >= 11 is 0. The lowest BCUT2D eigenvalue weighted by atomic mass is 10.00. The fraction of sp³-hybridized carbons (Fsp3) is 0.417. The van der Waals surface area contributed by atoms with Crippen molar-refractivity contribution in [3.05, 3.63) is 23.9 Å². The number of aromatic amines is 1. The van der Waals surface area contributed by atoms with Crippen molar-refractivity contribution in [1.29, 1.82) is 0 Å². The second-order valence-electron chi connectivity index (χ2n) is 4.30. The Balaban J connectivity index is 2.02. The third-order valence-corrected chi connectivity index (χ3v) is 3.16. The van der Waals surface area contributed by atoms with Gasteiger partial charge in [0.2, 0.25) is 0 Å². The molecule has 84 valence electrons. The van der Waals surface area contributed by atoms with Crippen LogP contribution in [0.2, 0.25) is 0 Å². The molecule has 1 atom stereocenters. The molecule has 0 aliphatic carbocycles. The topological polar surface area (TPSA) is 63.9 Å². The Morgan fingerprint density at radius 2 is 2.31 bits per heavy atom. The van der Waals surface area contributed by atoms with Gasteiger partial charge in [0.05, 0.1) is 17.8 Å². The molecule has 4 nitrogen and oxygen atoms in total. The van der Waals surface area contributed by atoms with Crippen LogP contribution in [-0.2, 0) is 4.74 Å². The number of anilines is 1. The molecule has 3 N–H and O–H groups in total. The zero-order chi connectivity index (χ0) is 11.0. The monoisotopic (exact) mass is 217 g/mol. The molecule has 1 unspecified atom stereocenters. The van der Waals surface area contributed by atoms with Crippen molar-refractivity contribution in [3.63, 3.8) is 0 Å². The Morgan fingerprint density at radius 3 is 3.12 bits per heavy atom. The smallest absolute Gasteiger partial charge is 0.0826 e. The maximum absolute atomic E-state index is 5.99. The molecule has 1 saturated heterocycles. The van der Waals surface area contributed by atoms with Gasteiger partial charge in [0.25, 0.3) is 0 Å². The van der Waals surface area contributed by atoms with Crippen LogP contribution >= 0.6 is 0 Å². The van der Waals surface area contributed by atoms with Crippen LogP contribution in [0.1, 0.15) is 30.9 Å². The number of H-pyrrole nitrogens is 1. The van der Waals surface area contributed by atoms with Gasteiger partial charge in [-0.2, -0.15) is 5.10 Å². The number of rotatable bonds is 1. The van der Waals surface area contributed by atoms with E-state index in [4.69, 9.17) is 10.5 Å². The average molecular weight is 217 g/mol. The van der Waals surface area contributed by atoms with Gasteiger partial charge in [0.15, 0.2) is 0 Å². The number of ether oxygens (including phenoxy) is 1. The Morgan fingerprint density at radius 1 is 1.38 bits per heavy atom. The molecule has 16 heavy (non-hydrogen) atoms. The van der Waals surface area contributed by atoms with E-state index in [2.05, 4.69) is 16.3 Å². The molecular weight excluding hydrogens is 202 g/mol. The van der Waals surface area contributed by atoms with E-state index in [1.807, 2.05) is 6.07 Å². The number of fused-ring (bicyclic) bond motifs is 1. The van der Waals surface area contributed by atoms with E-state index in [0.717, 1.165) is 41.6 Å². The Bertz CT molecular complexity index is 500. The molecule has 0 bridgehead atoms. The highest BCUT2D eigenvalue weighted by Crippen LogP contribution is 2.31. The Labute approximate surface area is 93.8 Å². The fourth-order valence-electron chi connectivity index (χ4n) is 2.29. The Kier molecular flexibility index (Phi) is 2.29.